The highest BCUT2D eigenvalue weighted by Gasteiger charge is 2.54. The van der Waals surface area contributed by atoms with E-state index in [0.29, 0.717) is 28.3 Å². The van der Waals surface area contributed by atoms with E-state index in [-0.39, 0.29) is 23.5 Å². The van der Waals surface area contributed by atoms with E-state index < -0.39 is 15.9 Å². The first-order valence-corrected chi connectivity index (χ1v) is 12.4. The second-order valence-electron chi connectivity index (χ2n) is 8.79. The maximum atomic E-state index is 13.2. The molecule has 1 amide bonds. The number of thiophene rings is 1. The number of carbonyl (C=O) groups is 1. The third-order valence-corrected chi connectivity index (χ3v) is 8.39. The standard InChI is InChI=1S/C19H27NO4S2/c1-26(23,24)5-3-16(21)15-2-4-25-17(15)20-18(22)19-9-12-6-13(10-19)8-14(7-12)11-19/h2,4,12-14,16,21H,3,5-11H2,1H3,(H,20,22). The Bertz CT molecular complexity index is 763. The number of hydrogen-bond acceptors (Lipinski definition) is 5. The van der Waals surface area contributed by atoms with Gasteiger partial charge in [0.2, 0.25) is 5.91 Å². The molecule has 0 saturated heterocycles. The van der Waals surface area contributed by atoms with Crippen molar-refractivity contribution in [1.29, 1.82) is 0 Å². The summed E-state index contributed by atoms with van der Waals surface area (Å²) in [4.78, 5) is 13.2. The monoisotopic (exact) mass is 397 g/mol. The first-order chi connectivity index (χ1) is 12.2. The van der Waals surface area contributed by atoms with Crippen LogP contribution in [0.15, 0.2) is 11.4 Å². The molecule has 7 heteroatoms. The van der Waals surface area contributed by atoms with Gasteiger partial charge in [-0.25, -0.2) is 8.42 Å². The van der Waals surface area contributed by atoms with Gasteiger partial charge in [-0.15, -0.1) is 11.3 Å². The number of amides is 1. The number of sulfone groups is 1. The van der Waals surface area contributed by atoms with Crippen molar-refractivity contribution >= 4 is 32.1 Å². The molecule has 0 aliphatic heterocycles. The number of carbonyl (C=O) groups excluding carboxylic acids is 1. The van der Waals surface area contributed by atoms with Crippen LogP contribution in [-0.2, 0) is 14.6 Å². The average Bonchev–Trinajstić information content (AvgIpc) is 2.99. The Morgan fingerprint density at radius 3 is 2.38 bits per heavy atom. The largest absolute Gasteiger partial charge is 0.388 e. The Hall–Kier alpha value is -0.920. The van der Waals surface area contributed by atoms with Crippen LogP contribution in [0, 0.1) is 23.2 Å². The summed E-state index contributed by atoms with van der Waals surface area (Å²) in [5.74, 6) is 2.16. The Morgan fingerprint density at radius 1 is 1.27 bits per heavy atom. The van der Waals surface area contributed by atoms with Gasteiger partial charge in [-0.05, 0) is 74.1 Å². The van der Waals surface area contributed by atoms with Crippen LogP contribution < -0.4 is 5.32 Å². The molecule has 1 heterocycles. The number of hydrogen-bond donors (Lipinski definition) is 2. The molecule has 0 radical (unpaired) electrons. The van der Waals surface area contributed by atoms with Crippen LogP contribution in [0.3, 0.4) is 0 Å². The van der Waals surface area contributed by atoms with Gasteiger partial charge in [-0.2, -0.15) is 0 Å². The van der Waals surface area contributed by atoms with E-state index >= 15 is 0 Å². The van der Waals surface area contributed by atoms with Gasteiger partial charge in [0.15, 0.2) is 0 Å². The molecule has 1 unspecified atom stereocenters. The van der Waals surface area contributed by atoms with E-state index in [1.807, 2.05) is 5.38 Å². The summed E-state index contributed by atoms with van der Waals surface area (Å²) in [6, 6.07) is 1.78. The molecule has 1 aromatic heterocycles. The molecule has 4 fully saturated rings. The highest BCUT2D eigenvalue weighted by atomic mass is 32.2. The van der Waals surface area contributed by atoms with Crippen molar-refractivity contribution in [2.24, 2.45) is 23.2 Å². The maximum Gasteiger partial charge on any atom is 0.231 e. The topological polar surface area (TPSA) is 83.5 Å². The molecule has 4 bridgehead atoms. The van der Waals surface area contributed by atoms with Gasteiger partial charge in [0.25, 0.3) is 0 Å². The summed E-state index contributed by atoms with van der Waals surface area (Å²) >= 11 is 1.40. The number of nitrogens with one attached hydrogen (secondary N) is 1. The molecule has 4 saturated carbocycles. The smallest absolute Gasteiger partial charge is 0.231 e. The van der Waals surface area contributed by atoms with Gasteiger partial charge in [0.1, 0.15) is 14.8 Å². The molecule has 5 nitrogen and oxygen atoms in total. The fourth-order valence-corrected chi connectivity index (χ4v) is 7.28. The molecule has 4 aliphatic rings. The molecule has 26 heavy (non-hydrogen) atoms. The normalized spacial score (nSPS) is 34.0. The predicted octanol–water partition coefficient (Wildman–Crippen LogP) is 3.37. The maximum absolute atomic E-state index is 13.2. The van der Waals surface area contributed by atoms with Crippen LogP contribution in [0.5, 0.6) is 0 Å². The zero-order chi connectivity index (χ0) is 18.5. The van der Waals surface area contributed by atoms with Crippen LogP contribution in [-0.4, -0.2) is 31.4 Å². The second kappa shape index (κ2) is 6.60. The van der Waals surface area contributed by atoms with Crippen LogP contribution in [0.25, 0.3) is 0 Å². The lowest BCUT2D eigenvalue weighted by Crippen LogP contribution is -2.51. The lowest BCUT2D eigenvalue weighted by molar-refractivity contribution is -0.140. The summed E-state index contributed by atoms with van der Waals surface area (Å²) in [5, 5.41) is 16.0. The van der Waals surface area contributed by atoms with E-state index in [1.165, 1.54) is 36.9 Å². The highest BCUT2D eigenvalue weighted by molar-refractivity contribution is 7.90. The van der Waals surface area contributed by atoms with Gasteiger partial charge in [0.05, 0.1) is 17.3 Å². The molecule has 4 aliphatic carbocycles. The minimum absolute atomic E-state index is 0.0631. The lowest BCUT2D eigenvalue weighted by Gasteiger charge is -2.55. The average molecular weight is 398 g/mol. The van der Waals surface area contributed by atoms with Crippen molar-refractivity contribution in [3.8, 4) is 0 Å². The number of aliphatic hydroxyl groups excluding tert-OH is 1. The fourth-order valence-electron chi connectivity index (χ4n) is 5.79. The van der Waals surface area contributed by atoms with Crippen LogP contribution >= 0.6 is 11.3 Å². The third kappa shape index (κ3) is 3.58. The van der Waals surface area contributed by atoms with Crippen molar-refractivity contribution in [3.05, 3.63) is 17.0 Å². The van der Waals surface area contributed by atoms with Crippen LogP contribution in [0.4, 0.5) is 5.00 Å². The van der Waals surface area contributed by atoms with E-state index in [0.717, 1.165) is 19.3 Å². The van der Waals surface area contributed by atoms with E-state index in [4.69, 9.17) is 0 Å². The molecular weight excluding hydrogens is 370 g/mol. The molecule has 0 spiro atoms. The molecule has 144 valence electrons. The number of aliphatic hydroxyl groups is 1. The summed E-state index contributed by atoms with van der Waals surface area (Å²) < 4.78 is 22.7. The highest BCUT2D eigenvalue weighted by Crippen LogP contribution is 2.60. The summed E-state index contributed by atoms with van der Waals surface area (Å²) in [5.41, 5.74) is 0.407. The van der Waals surface area contributed by atoms with Crippen LogP contribution in [0.1, 0.15) is 56.6 Å². The summed E-state index contributed by atoms with van der Waals surface area (Å²) in [7, 11) is -3.12. The minimum atomic E-state index is -3.12. The Morgan fingerprint density at radius 2 is 1.85 bits per heavy atom. The predicted molar refractivity (Wildman–Crippen MR) is 103 cm³/mol. The second-order valence-corrected chi connectivity index (χ2v) is 12.0. The summed E-state index contributed by atoms with van der Waals surface area (Å²) in [6.45, 7) is 0. The third-order valence-electron chi connectivity index (χ3n) is 6.56. The minimum Gasteiger partial charge on any atom is -0.388 e. The van der Waals surface area contributed by atoms with E-state index in [1.54, 1.807) is 6.07 Å². The Balaban J connectivity index is 1.47. The van der Waals surface area contributed by atoms with Gasteiger partial charge in [-0.1, -0.05) is 0 Å². The van der Waals surface area contributed by atoms with Gasteiger partial charge >= 0.3 is 0 Å². The van der Waals surface area contributed by atoms with Gasteiger partial charge in [-0.3, -0.25) is 4.79 Å². The molecular formula is C19H27NO4S2. The van der Waals surface area contributed by atoms with E-state index in [9.17, 15) is 18.3 Å². The molecule has 2 N–H and O–H groups in total. The SMILES string of the molecule is CS(=O)(=O)CCC(O)c1ccsc1NC(=O)C12CC3CC(CC(C3)C1)C2. The van der Waals surface area contributed by atoms with Gasteiger partial charge < -0.3 is 10.4 Å². The summed E-state index contributed by atoms with van der Waals surface area (Å²) in [6.07, 6.45) is 7.33. The van der Waals surface area contributed by atoms with E-state index in [2.05, 4.69) is 5.32 Å². The van der Waals surface area contributed by atoms with Crippen LogP contribution in [0.2, 0.25) is 0 Å². The van der Waals surface area contributed by atoms with Crippen molar-refractivity contribution in [2.45, 2.75) is 51.0 Å². The fraction of sp³-hybridized carbons (Fsp3) is 0.737. The lowest BCUT2D eigenvalue weighted by atomic mass is 9.49. The van der Waals surface area contributed by atoms with Crippen molar-refractivity contribution in [3.63, 3.8) is 0 Å². The first-order valence-electron chi connectivity index (χ1n) is 9.49. The Labute approximate surface area is 159 Å². The van der Waals surface area contributed by atoms with Crippen molar-refractivity contribution in [2.75, 3.05) is 17.3 Å². The molecule has 1 aromatic rings. The molecule has 1 atom stereocenters. The van der Waals surface area contributed by atoms with Gasteiger partial charge in [0, 0.05) is 11.8 Å². The number of anilines is 1. The quantitative estimate of drug-likeness (QED) is 0.771. The number of rotatable bonds is 6. The van der Waals surface area contributed by atoms with Crippen molar-refractivity contribution < 1.29 is 18.3 Å². The molecule has 5 rings (SSSR count). The Kier molecular flexibility index (Phi) is 4.68. The molecule has 0 aromatic carbocycles. The zero-order valence-electron chi connectivity index (χ0n) is 15.1. The first kappa shape index (κ1) is 18.4. The van der Waals surface area contributed by atoms with Crippen molar-refractivity contribution in [1.82, 2.24) is 0 Å². The zero-order valence-corrected chi connectivity index (χ0v) is 16.7.